The van der Waals surface area contributed by atoms with Crippen molar-refractivity contribution in [2.45, 2.75) is 37.6 Å². The van der Waals surface area contributed by atoms with Crippen LogP contribution in [0.1, 0.15) is 25.3 Å². The predicted octanol–water partition coefficient (Wildman–Crippen LogP) is 2.51. The minimum Gasteiger partial charge on any atom is -0.334 e. The molecule has 2 heterocycles. The Balaban J connectivity index is 1.55. The summed E-state index contributed by atoms with van der Waals surface area (Å²) >= 11 is 0. The average Bonchev–Trinajstić information content (AvgIpc) is 2.64. The number of carbonyl (C=O) groups is 1. The number of sulfone groups is 1. The van der Waals surface area contributed by atoms with Gasteiger partial charge in [-0.25, -0.2) is 13.2 Å². The van der Waals surface area contributed by atoms with E-state index in [4.69, 9.17) is 0 Å². The van der Waals surface area contributed by atoms with Gasteiger partial charge in [-0.3, -0.25) is 4.98 Å². The third kappa shape index (κ3) is 4.60. The van der Waals surface area contributed by atoms with E-state index in [-0.39, 0.29) is 23.1 Å². The second kappa shape index (κ2) is 7.86. The van der Waals surface area contributed by atoms with E-state index < -0.39 is 9.84 Å². The number of amides is 2. The number of aromatic nitrogens is 1. The normalized spacial score (nSPS) is 21.7. The Morgan fingerprint density at radius 2 is 2.04 bits per heavy atom. The van der Waals surface area contributed by atoms with Crippen LogP contribution in [0.25, 0.3) is 11.3 Å². The summed E-state index contributed by atoms with van der Waals surface area (Å²) in [6.07, 6.45) is 3.01. The number of carbonyl (C=O) groups excluding carboxylic acids is 1. The molecule has 26 heavy (non-hydrogen) atoms. The van der Waals surface area contributed by atoms with E-state index in [9.17, 15) is 13.2 Å². The fraction of sp³-hybridized carbons (Fsp3) is 0.368. The molecule has 3 rings (SSSR count). The van der Waals surface area contributed by atoms with Crippen LogP contribution in [0.5, 0.6) is 0 Å². The predicted molar refractivity (Wildman–Crippen MR) is 101 cm³/mol. The Bertz CT molecular complexity index is 869. The highest BCUT2D eigenvalue weighted by molar-refractivity contribution is 7.92. The molecule has 2 amide bonds. The minimum atomic E-state index is -3.11. The lowest BCUT2D eigenvalue weighted by atomic mass is 10.1. The number of hydrogen-bond acceptors (Lipinski definition) is 4. The van der Waals surface area contributed by atoms with Crippen LogP contribution in [-0.4, -0.2) is 36.5 Å². The molecule has 138 valence electrons. The summed E-state index contributed by atoms with van der Waals surface area (Å²) in [5, 5.41) is 5.25. The Hall–Kier alpha value is -2.41. The minimum absolute atomic E-state index is 0.0107. The summed E-state index contributed by atoms with van der Waals surface area (Å²) in [5.41, 5.74) is 2.81. The number of urea groups is 1. The molecule has 6 nitrogen and oxygen atoms in total. The van der Waals surface area contributed by atoms with Gasteiger partial charge in [0.1, 0.15) is 0 Å². The molecule has 2 aromatic rings. The zero-order valence-corrected chi connectivity index (χ0v) is 15.5. The molecule has 0 saturated carbocycles. The number of nitrogens with zero attached hydrogens (tertiary/aromatic N) is 1. The van der Waals surface area contributed by atoms with Gasteiger partial charge in [-0.1, -0.05) is 24.3 Å². The highest BCUT2D eigenvalue weighted by Crippen LogP contribution is 2.20. The Labute approximate surface area is 154 Å². The van der Waals surface area contributed by atoms with E-state index in [0.29, 0.717) is 19.4 Å². The SMILES string of the molecule is CC1CCC(NC(=O)NCc2cccc(-c3ccccn3)c2)CS1(=O)=O. The van der Waals surface area contributed by atoms with E-state index >= 15 is 0 Å². The third-order valence-corrected chi connectivity index (χ3v) is 6.97. The van der Waals surface area contributed by atoms with Crippen molar-refractivity contribution in [2.75, 3.05) is 5.75 Å². The highest BCUT2D eigenvalue weighted by Gasteiger charge is 2.31. The van der Waals surface area contributed by atoms with Gasteiger partial charge < -0.3 is 10.6 Å². The smallest absolute Gasteiger partial charge is 0.315 e. The molecule has 2 unspecified atom stereocenters. The molecule has 1 aliphatic heterocycles. The summed E-state index contributed by atoms with van der Waals surface area (Å²) in [5.74, 6) is 0.0107. The molecular weight excluding hydrogens is 350 g/mol. The van der Waals surface area contributed by atoms with Gasteiger partial charge in [0.2, 0.25) is 0 Å². The van der Waals surface area contributed by atoms with E-state index in [0.717, 1.165) is 16.8 Å². The molecule has 0 bridgehead atoms. The first-order valence-corrected chi connectivity index (χ1v) is 10.4. The largest absolute Gasteiger partial charge is 0.334 e. The van der Waals surface area contributed by atoms with Crippen LogP contribution in [0, 0.1) is 0 Å². The molecular formula is C19H23N3O3S. The zero-order chi connectivity index (χ0) is 18.6. The van der Waals surface area contributed by atoms with Crippen molar-refractivity contribution in [2.24, 2.45) is 0 Å². The second-order valence-electron chi connectivity index (χ2n) is 6.66. The van der Waals surface area contributed by atoms with Gasteiger partial charge in [0.25, 0.3) is 0 Å². The van der Waals surface area contributed by atoms with Crippen LogP contribution in [0.3, 0.4) is 0 Å². The second-order valence-corrected chi connectivity index (χ2v) is 9.12. The Morgan fingerprint density at radius 3 is 2.77 bits per heavy atom. The van der Waals surface area contributed by atoms with Crippen LogP contribution < -0.4 is 10.6 Å². The molecule has 1 aliphatic rings. The van der Waals surface area contributed by atoms with Gasteiger partial charge in [0.15, 0.2) is 9.84 Å². The molecule has 1 fully saturated rings. The molecule has 2 atom stereocenters. The summed E-state index contributed by atoms with van der Waals surface area (Å²) < 4.78 is 23.9. The summed E-state index contributed by atoms with van der Waals surface area (Å²) in [4.78, 5) is 16.4. The summed E-state index contributed by atoms with van der Waals surface area (Å²) in [7, 11) is -3.11. The number of nitrogens with one attached hydrogen (secondary N) is 2. The van der Waals surface area contributed by atoms with E-state index in [2.05, 4.69) is 15.6 Å². The fourth-order valence-corrected chi connectivity index (χ4v) is 4.68. The van der Waals surface area contributed by atoms with Crippen LogP contribution in [-0.2, 0) is 16.4 Å². The molecule has 1 saturated heterocycles. The Kier molecular flexibility index (Phi) is 5.56. The topological polar surface area (TPSA) is 88.2 Å². The summed E-state index contributed by atoms with van der Waals surface area (Å²) in [6.45, 7) is 2.09. The van der Waals surface area contributed by atoms with Crippen molar-refractivity contribution in [1.29, 1.82) is 0 Å². The first-order valence-electron chi connectivity index (χ1n) is 8.70. The quantitative estimate of drug-likeness (QED) is 0.862. The van der Waals surface area contributed by atoms with Crippen molar-refractivity contribution in [3.63, 3.8) is 0 Å². The molecule has 1 aromatic heterocycles. The van der Waals surface area contributed by atoms with Gasteiger partial charge in [0, 0.05) is 24.3 Å². The Morgan fingerprint density at radius 1 is 1.19 bits per heavy atom. The van der Waals surface area contributed by atoms with Crippen molar-refractivity contribution in [1.82, 2.24) is 15.6 Å². The number of hydrogen-bond donors (Lipinski definition) is 2. The molecule has 1 aromatic carbocycles. The lowest BCUT2D eigenvalue weighted by Crippen LogP contribution is -2.48. The van der Waals surface area contributed by atoms with Gasteiger partial charge >= 0.3 is 6.03 Å². The van der Waals surface area contributed by atoms with Gasteiger partial charge in [-0.2, -0.15) is 0 Å². The van der Waals surface area contributed by atoms with E-state index in [1.54, 1.807) is 13.1 Å². The molecule has 0 aliphatic carbocycles. The first-order chi connectivity index (χ1) is 12.4. The zero-order valence-electron chi connectivity index (χ0n) is 14.7. The van der Waals surface area contributed by atoms with Crippen LogP contribution >= 0.6 is 0 Å². The lowest BCUT2D eigenvalue weighted by molar-refractivity contribution is 0.236. The van der Waals surface area contributed by atoms with Gasteiger partial charge in [-0.05, 0) is 43.5 Å². The van der Waals surface area contributed by atoms with Crippen molar-refractivity contribution >= 4 is 15.9 Å². The molecule has 2 N–H and O–H groups in total. The van der Waals surface area contributed by atoms with E-state index in [1.165, 1.54) is 0 Å². The van der Waals surface area contributed by atoms with Crippen LogP contribution in [0.4, 0.5) is 4.79 Å². The molecule has 0 spiro atoms. The molecule has 7 heteroatoms. The number of pyridine rings is 1. The average molecular weight is 373 g/mol. The number of benzene rings is 1. The lowest BCUT2D eigenvalue weighted by Gasteiger charge is -2.27. The standard InChI is InChI=1S/C19H23N3O3S/c1-14-8-9-17(13-26(14,24)25)22-19(23)21-12-15-5-4-6-16(11-15)18-7-2-3-10-20-18/h2-7,10-11,14,17H,8-9,12-13H2,1H3,(H2,21,22,23). The van der Waals surface area contributed by atoms with Crippen LogP contribution in [0.2, 0.25) is 0 Å². The van der Waals surface area contributed by atoms with Crippen LogP contribution in [0.15, 0.2) is 48.7 Å². The van der Waals surface area contributed by atoms with Crippen molar-refractivity contribution < 1.29 is 13.2 Å². The fourth-order valence-electron chi connectivity index (χ4n) is 3.05. The maximum absolute atomic E-state index is 12.1. The number of rotatable bonds is 4. The highest BCUT2D eigenvalue weighted by atomic mass is 32.2. The van der Waals surface area contributed by atoms with Crippen molar-refractivity contribution in [3.05, 3.63) is 54.2 Å². The maximum atomic E-state index is 12.1. The third-order valence-electron chi connectivity index (χ3n) is 4.64. The molecule has 0 radical (unpaired) electrons. The maximum Gasteiger partial charge on any atom is 0.315 e. The van der Waals surface area contributed by atoms with Gasteiger partial charge in [0.05, 0.1) is 16.7 Å². The van der Waals surface area contributed by atoms with Gasteiger partial charge in [-0.15, -0.1) is 0 Å². The monoisotopic (exact) mass is 373 g/mol. The first kappa shape index (κ1) is 18.4. The van der Waals surface area contributed by atoms with E-state index in [1.807, 2.05) is 42.5 Å². The summed E-state index contributed by atoms with van der Waals surface area (Å²) in [6, 6.07) is 12.9. The van der Waals surface area contributed by atoms with Crippen molar-refractivity contribution in [3.8, 4) is 11.3 Å².